The topological polar surface area (TPSA) is 146 Å². The molecule has 0 bridgehead atoms. The second-order valence-electron chi connectivity index (χ2n) is 4.73. The van der Waals surface area contributed by atoms with Crippen LogP contribution in [0.15, 0.2) is 46.6 Å². The van der Waals surface area contributed by atoms with E-state index in [1.807, 2.05) is 0 Å². The van der Waals surface area contributed by atoms with Gasteiger partial charge in [0, 0.05) is 17.7 Å². The van der Waals surface area contributed by atoms with Crippen molar-refractivity contribution in [3.8, 4) is 5.75 Å². The zero-order valence-electron chi connectivity index (χ0n) is 12.9. The van der Waals surface area contributed by atoms with Gasteiger partial charge in [-0.2, -0.15) is 5.10 Å². The molecule has 0 fully saturated rings. The van der Waals surface area contributed by atoms with Crippen LogP contribution < -0.4 is 16.2 Å². The fourth-order valence-electron chi connectivity index (χ4n) is 1.84. The molecule has 0 atom stereocenters. The summed E-state index contributed by atoms with van der Waals surface area (Å²) in [6.07, 6.45) is 1.04. The Balaban J connectivity index is 2.41. The van der Waals surface area contributed by atoms with Crippen molar-refractivity contribution in [1.29, 1.82) is 0 Å². The van der Waals surface area contributed by atoms with Gasteiger partial charge in [-0.3, -0.25) is 10.1 Å². The van der Waals surface area contributed by atoms with Gasteiger partial charge in [0.15, 0.2) is 0 Å². The molecule has 0 heterocycles. The maximum absolute atomic E-state index is 13.8. The van der Waals surface area contributed by atoms with Gasteiger partial charge in [0.25, 0.3) is 5.69 Å². The third kappa shape index (κ3) is 4.51. The van der Waals surface area contributed by atoms with Crippen LogP contribution in [0.3, 0.4) is 0 Å². The number of benzene rings is 2. The summed E-state index contributed by atoms with van der Waals surface area (Å²) in [5.41, 5.74) is 9.51. The van der Waals surface area contributed by atoms with Crippen LogP contribution in [0.4, 0.5) is 10.1 Å². The molecule has 0 spiro atoms. The number of nitrogens with zero attached hydrogens (tertiary/aromatic N) is 3. The molecule has 2 aromatic carbocycles. The minimum absolute atomic E-state index is 0.0185. The average Bonchev–Trinajstić information content (AvgIpc) is 2.55. The first-order valence-corrected chi connectivity index (χ1v) is 7.24. The Hall–Kier alpha value is -3.53. The number of rotatable bonds is 5. The normalized spacial score (nSPS) is 10.5. The summed E-state index contributed by atoms with van der Waals surface area (Å²) in [5, 5.41) is 17.6. The number of carbonyl (C=O) groups is 1. The highest BCUT2D eigenvalue weighted by Gasteiger charge is 2.20. The van der Waals surface area contributed by atoms with E-state index in [-0.39, 0.29) is 28.0 Å². The van der Waals surface area contributed by atoms with Crippen LogP contribution >= 0.6 is 11.6 Å². The van der Waals surface area contributed by atoms with Crippen molar-refractivity contribution >= 4 is 35.4 Å². The predicted molar refractivity (Wildman–Crippen MR) is 92.9 cm³/mol. The smallest absolute Gasteiger partial charge is 0.348 e. The Morgan fingerprint density at radius 2 is 2.04 bits per heavy atom. The molecule has 9 nitrogen and oxygen atoms in total. The van der Waals surface area contributed by atoms with E-state index in [4.69, 9.17) is 27.8 Å². The van der Waals surface area contributed by atoms with Gasteiger partial charge in [0.05, 0.1) is 16.2 Å². The molecule has 0 aromatic heterocycles. The number of nitro benzene ring substituents is 1. The Morgan fingerprint density at radius 3 is 2.65 bits per heavy atom. The Kier molecular flexibility index (Phi) is 5.81. The molecule has 0 aliphatic carbocycles. The van der Waals surface area contributed by atoms with Gasteiger partial charge in [0.2, 0.25) is 5.96 Å². The Labute approximate surface area is 150 Å². The number of hydrogen-bond acceptors (Lipinski definition) is 6. The summed E-state index contributed by atoms with van der Waals surface area (Å²) in [6, 6.07) is 7.02. The SMILES string of the molecule is NC(N)=NN=Cc1cc([N+](=O)[O-])ccc1OC(=O)c1c(F)cccc1Cl. The lowest BCUT2D eigenvalue weighted by Gasteiger charge is -2.09. The summed E-state index contributed by atoms with van der Waals surface area (Å²) in [6.45, 7) is 0. The summed E-state index contributed by atoms with van der Waals surface area (Å²) < 4.78 is 18.9. The maximum Gasteiger partial charge on any atom is 0.348 e. The molecule has 2 aromatic rings. The monoisotopic (exact) mass is 379 g/mol. The molecule has 26 heavy (non-hydrogen) atoms. The number of hydrogen-bond donors (Lipinski definition) is 2. The average molecular weight is 380 g/mol. The summed E-state index contributed by atoms with van der Waals surface area (Å²) in [7, 11) is 0. The van der Waals surface area contributed by atoms with E-state index >= 15 is 0 Å². The van der Waals surface area contributed by atoms with Gasteiger partial charge in [0.1, 0.15) is 17.1 Å². The van der Waals surface area contributed by atoms with E-state index in [9.17, 15) is 19.3 Å². The van der Waals surface area contributed by atoms with Gasteiger partial charge >= 0.3 is 5.97 Å². The van der Waals surface area contributed by atoms with Crippen LogP contribution in [0.25, 0.3) is 0 Å². The quantitative estimate of drug-likeness (QED) is 0.203. The molecule has 0 radical (unpaired) electrons. The summed E-state index contributed by atoms with van der Waals surface area (Å²) in [5.74, 6) is -2.43. The highest BCUT2D eigenvalue weighted by Crippen LogP contribution is 2.26. The number of ether oxygens (including phenoxy) is 1. The minimum atomic E-state index is -1.08. The zero-order valence-corrected chi connectivity index (χ0v) is 13.7. The summed E-state index contributed by atoms with van der Waals surface area (Å²) >= 11 is 5.81. The third-order valence-corrected chi connectivity index (χ3v) is 3.26. The molecule has 0 unspecified atom stereocenters. The van der Waals surface area contributed by atoms with Crippen LogP contribution in [-0.2, 0) is 0 Å². The van der Waals surface area contributed by atoms with Gasteiger partial charge in [-0.1, -0.05) is 17.7 Å². The molecule has 4 N–H and O–H groups in total. The summed E-state index contributed by atoms with van der Waals surface area (Å²) in [4.78, 5) is 22.5. The van der Waals surface area contributed by atoms with Gasteiger partial charge in [-0.25, -0.2) is 9.18 Å². The second kappa shape index (κ2) is 8.03. The van der Waals surface area contributed by atoms with Gasteiger partial charge in [-0.05, 0) is 18.2 Å². The zero-order chi connectivity index (χ0) is 19.3. The van der Waals surface area contributed by atoms with Crippen LogP contribution in [0, 0.1) is 15.9 Å². The van der Waals surface area contributed by atoms with Crippen molar-refractivity contribution in [2.45, 2.75) is 0 Å². The molecule has 0 amide bonds. The molecule has 2 rings (SSSR count). The largest absolute Gasteiger partial charge is 0.422 e. The van der Waals surface area contributed by atoms with Gasteiger partial charge in [-0.15, -0.1) is 5.10 Å². The van der Waals surface area contributed by atoms with Crippen molar-refractivity contribution in [3.05, 3.63) is 68.5 Å². The fourth-order valence-corrected chi connectivity index (χ4v) is 2.08. The van der Waals surface area contributed by atoms with Crippen LogP contribution in [-0.4, -0.2) is 23.1 Å². The van der Waals surface area contributed by atoms with E-state index < -0.39 is 22.3 Å². The van der Waals surface area contributed by atoms with Crippen molar-refractivity contribution in [2.75, 3.05) is 0 Å². The number of nitrogens with two attached hydrogens (primary N) is 2. The van der Waals surface area contributed by atoms with Gasteiger partial charge < -0.3 is 16.2 Å². The lowest BCUT2D eigenvalue weighted by Crippen LogP contribution is -2.21. The standard InChI is InChI=1S/C15H11ClFN5O4/c16-10-2-1-3-11(17)13(10)14(23)26-12-5-4-9(22(24)25)6-8(12)7-20-21-15(18)19/h1-7H,(H4,18,19,21). The number of esters is 1. The number of carbonyl (C=O) groups excluding carboxylic acids is 1. The van der Waals surface area contributed by atoms with E-state index in [0.717, 1.165) is 30.5 Å². The second-order valence-corrected chi connectivity index (χ2v) is 5.14. The molecule has 0 aliphatic rings. The molecule has 0 saturated heterocycles. The molecule has 0 aliphatic heterocycles. The highest BCUT2D eigenvalue weighted by atomic mass is 35.5. The lowest BCUT2D eigenvalue weighted by atomic mass is 10.2. The minimum Gasteiger partial charge on any atom is -0.422 e. The lowest BCUT2D eigenvalue weighted by molar-refractivity contribution is -0.384. The molecule has 11 heteroatoms. The first kappa shape index (κ1) is 18.8. The maximum atomic E-state index is 13.8. The molecule has 0 saturated carbocycles. The number of guanidine groups is 1. The third-order valence-electron chi connectivity index (χ3n) is 2.94. The van der Waals surface area contributed by atoms with E-state index in [1.165, 1.54) is 12.1 Å². The Morgan fingerprint density at radius 1 is 1.31 bits per heavy atom. The first-order chi connectivity index (χ1) is 12.3. The van der Waals surface area contributed by atoms with E-state index in [2.05, 4.69) is 10.2 Å². The van der Waals surface area contributed by atoms with E-state index in [0.29, 0.717) is 0 Å². The van der Waals surface area contributed by atoms with Crippen molar-refractivity contribution in [1.82, 2.24) is 0 Å². The van der Waals surface area contributed by atoms with Crippen molar-refractivity contribution < 1.29 is 18.8 Å². The first-order valence-electron chi connectivity index (χ1n) is 6.86. The fraction of sp³-hybridized carbons (Fsp3) is 0. The van der Waals surface area contributed by atoms with Crippen LogP contribution in [0.1, 0.15) is 15.9 Å². The van der Waals surface area contributed by atoms with Crippen LogP contribution in [0.5, 0.6) is 5.75 Å². The molecule has 134 valence electrons. The van der Waals surface area contributed by atoms with E-state index in [1.54, 1.807) is 0 Å². The number of halogens is 2. The van der Waals surface area contributed by atoms with Crippen LogP contribution in [0.2, 0.25) is 5.02 Å². The predicted octanol–water partition coefficient (Wildman–Crippen LogP) is 2.21. The Bertz CT molecular complexity index is 908. The van der Waals surface area contributed by atoms with Crippen molar-refractivity contribution in [3.63, 3.8) is 0 Å². The number of non-ortho nitro benzene ring substituents is 1. The highest BCUT2D eigenvalue weighted by molar-refractivity contribution is 6.33. The number of nitro groups is 1. The molecular formula is C15H11ClFN5O4. The molecular weight excluding hydrogens is 369 g/mol. The van der Waals surface area contributed by atoms with Crippen molar-refractivity contribution in [2.24, 2.45) is 21.7 Å².